The van der Waals surface area contributed by atoms with Crippen LogP contribution < -0.4 is 5.32 Å². The van der Waals surface area contributed by atoms with Gasteiger partial charge in [-0.1, -0.05) is 70.4 Å². The topological polar surface area (TPSA) is 12.0 Å². The fraction of sp³-hybridized carbons (Fsp3) is 0.667. The van der Waals surface area contributed by atoms with E-state index in [1.54, 1.807) is 0 Å². The van der Waals surface area contributed by atoms with E-state index >= 15 is 0 Å². The second kappa shape index (κ2) is 9.14. The van der Waals surface area contributed by atoms with E-state index in [-0.39, 0.29) is 0 Å². The van der Waals surface area contributed by atoms with Crippen molar-refractivity contribution in [1.29, 1.82) is 0 Å². The van der Waals surface area contributed by atoms with E-state index in [4.69, 9.17) is 0 Å². The molecule has 19 heavy (non-hydrogen) atoms. The van der Waals surface area contributed by atoms with Crippen LogP contribution in [0.15, 0.2) is 30.3 Å². The second-order valence-corrected chi connectivity index (χ2v) is 6.16. The molecule has 0 radical (unpaired) electrons. The second-order valence-electron chi connectivity index (χ2n) is 6.16. The summed E-state index contributed by atoms with van der Waals surface area (Å²) < 4.78 is 0. The lowest BCUT2D eigenvalue weighted by atomic mass is 9.95. The summed E-state index contributed by atoms with van der Waals surface area (Å²) in [5.41, 5.74) is 1.43. The Kier molecular flexibility index (Phi) is 7.81. The minimum atomic E-state index is 0.498. The minimum Gasteiger partial charge on any atom is -0.307 e. The van der Waals surface area contributed by atoms with Crippen molar-refractivity contribution in [2.45, 2.75) is 71.9 Å². The van der Waals surface area contributed by atoms with Crippen LogP contribution in [0.25, 0.3) is 0 Å². The molecule has 1 N–H and O–H groups in total. The smallest absolute Gasteiger partial charge is 0.0324 e. The molecule has 0 spiro atoms. The average molecular weight is 261 g/mol. The molecule has 2 atom stereocenters. The summed E-state index contributed by atoms with van der Waals surface area (Å²) in [6, 6.07) is 12.0. The SMILES string of the molecule is CCCCCC(C)NC(CC(C)C)c1ccccc1. The highest BCUT2D eigenvalue weighted by atomic mass is 14.9. The van der Waals surface area contributed by atoms with Crippen LogP contribution >= 0.6 is 0 Å². The minimum absolute atomic E-state index is 0.498. The number of hydrogen-bond acceptors (Lipinski definition) is 1. The van der Waals surface area contributed by atoms with Gasteiger partial charge in [-0.2, -0.15) is 0 Å². The third-order valence-electron chi connectivity index (χ3n) is 3.64. The molecule has 0 saturated carbocycles. The van der Waals surface area contributed by atoms with Crippen molar-refractivity contribution >= 4 is 0 Å². The molecule has 1 nitrogen and oxygen atoms in total. The quantitative estimate of drug-likeness (QED) is 0.592. The van der Waals surface area contributed by atoms with Crippen LogP contribution in [0.5, 0.6) is 0 Å². The molecule has 0 aliphatic carbocycles. The molecule has 0 aliphatic heterocycles. The Morgan fingerprint density at radius 1 is 1.00 bits per heavy atom. The number of unbranched alkanes of at least 4 members (excludes halogenated alkanes) is 2. The van der Waals surface area contributed by atoms with E-state index in [9.17, 15) is 0 Å². The normalized spacial score (nSPS) is 14.6. The molecule has 0 heterocycles. The summed E-state index contributed by atoms with van der Waals surface area (Å²) in [5.74, 6) is 0.723. The summed E-state index contributed by atoms with van der Waals surface area (Å²) in [6.45, 7) is 9.20. The van der Waals surface area contributed by atoms with Crippen LogP contribution in [-0.4, -0.2) is 6.04 Å². The van der Waals surface area contributed by atoms with Gasteiger partial charge in [0.2, 0.25) is 0 Å². The molecule has 108 valence electrons. The van der Waals surface area contributed by atoms with E-state index in [1.165, 1.54) is 37.7 Å². The van der Waals surface area contributed by atoms with E-state index in [2.05, 4.69) is 63.3 Å². The molecule has 0 aliphatic rings. The van der Waals surface area contributed by atoms with Gasteiger partial charge in [0.1, 0.15) is 0 Å². The van der Waals surface area contributed by atoms with Crippen molar-refractivity contribution in [2.24, 2.45) is 5.92 Å². The molecule has 2 unspecified atom stereocenters. The summed E-state index contributed by atoms with van der Waals surface area (Å²) in [5, 5.41) is 3.82. The van der Waals surface area contributed by atoms with Crippen LogP contribution in [0, 0.1) is 5.92 Å². The highest BCUT2D eigenvalue weighted by Crippen LogP contribution is 2.22. The zero-order chi connectivity index (χ0) is 14.1. The zero-order valence-electron chi connectivity index (χ0n) is 13.2. The summed E-state index contributed by atoms with van der Waals surface area (Å²) >= 11 is 0. The third-order valence-corrected chi connectivity index (χ3v) is 3.64. The maximum Gasteiger partial charge on any atom is 0.0324 e. The van der Waals surface area contributed by atoms with Crippen LogP contribution in [0.2, 0.25) is 0 Å². The van der Waals surface area contributed by atoms with Crippen LogP contribution in [-0.2, 0) is 0 Å². The molecular weight excluding hydrogens is 230 g/mol. The number of benzene rings is 1. The zero-order valence-corrected chi connectivity index (χ0v) is 13.2. The highest BCUT2D eigenvalue weighted by Gasteiger charge is 2.15. The van der Waals surface area contributed by atoms with E-state index < -0.39 is 0 Å². The Hall–Kier alpha value is -0.820. The van der Waals surface area contributed by atoms with Crippen molar-refractivity contribution < 1.29 is 0 Å². The molecule has 0 bridgehead atoms. The largest absolute Gasteiger partial charge is 0.307 e. The lowest BCUT2D eigenvalue weighted by Crippen LogP contribution is -2.31. The van der Waals surface area contributed by atoms with Gasteiger partial charge in [-0.3, -0.25) is 0 Å². The Labute approximate surface area is 119 Å². The first-order chi connectivity index (χ1) is 9.13. The van der Waals surface area contributed by atoms with Gasteiger partial charge in [0.25, 0.3) is 0 Å². The fourth-order valence-electron chi connectivity index (χ4n) is 2.58. The summed E-state index contributed by atoms with van der Waals surface area (Å²) in [7, 11) is 0. The predicted octanol–water partition coefficient (Wildman–Crippen LogP) is 5.33. The maximum absolute atomic E-state index is 3.82. The molecule has 1 aromatic carbocycles. The van der Waals surface area contributed by atoms with Gasteiger partial charge in [-0.15, -0.1) is 0 Å². The van der Waals surface area contributed by atoms with Gasteiger partial charge in [-0.25, -0.2) is 0 Å². The first kappa shape index (κ1) is 16.2. The Balaban J connectivity index is 2.55. The Morgan fingerprint density at radius 2 is 1.68 bits per heavy atom. The molecule has 0 saturated heterocycles. The number of rotatable bonds is 9. The predicted molar refractivity (Wildman–Crippen MR) is 85.4 cm³/mol. The van der Waals surface area contributed by atoms with Gasteiger partial charge in [0, 0.05) is 12.1 Å². The molecule has 0 aromatic heterocycles. The molecule has 1 aromatic rings. The van der Waals surface area contributed by atoms with Crippen LogP contribution in [0.4, 0.5) is 0 Å². The first-order valence-electron chi connectivity index (χ1n) is 7.94. The average Bonchev–Trinajstić information content (AvgIpc) is 2.39. The van der Waals surface area contributed by atoms with Crippen LogP contribution in [0.3, 0.4) is 0 Å². The first-order valence-corrected chi connectivity index (χ1v) is 7.94. The molecular formula is C18H31N. The van der Waals surface area contributed by atoms with Crippen molar-refractivity contribution in [3.63, 3.8) is 0 Å². The van der Waals surface area contributed by atoms with Crippen molar-refractivity contribution in [1.82, 2.24) is 5.32 Å². The summed E-state index contributed by atoms with van der Waals surface area (Å²) in [4.78, 5) is 0. The maximum atomic E-state index is 3.82. The number of nitrogens with one attached hydrogen (secondary N) is 1. The van der Waals surface area contributed by atoms with Gasteiger partial charge < -0.3 is 5.32 Å². The van der Waals surface area contributed by atoms with Crippen molar-refractivity contribution in [3.05, 3.63) is 35.9 Å². The van der Waals surface area contributed by atoms with Gasteiger partial charge >= 0.3 is 0 Å². The fourth-order valence-corrected chi connectivity index (χ4v) is 2.58. The van der Waals surface area contributed by atoms with E-state index in [0.29, 0.717) is 12.1 Å². The van der Waals surface area contributed by atoms with Crippen molar-refractivity contribution in [2.75, 3.05) is 0 Å². The summed E-state index contributed by atoms with van der Waals surface area (Å²) in [6.07, 6.45) is 6.50. The lowest BCUT2D eigenvalue weighted by Gasteiger charge is -2.25. The molecule has 1 heteroatoms. The lowest BCUT2D eigenvalue weighted by molar-refractivity contribution is 0.372. The third kappa shape index (κ3) is 6.77. The molecule has 1 rings (SSSR count). The van der Waals surface area contributed by atoms with Gasteiger partial charge in [0.15, 0.2) is 0 Å². The number of hydrogen-bond donors (Lipinski definition) is 1. The van der Waals surface area contributed by atoms with Gasteiger partial charge in [-0.05, 0) is 31.2 Å². The molecule has 0 amide bonds. The standard InChI is InChI=1S/C18H31N/c1-5-6-8-11-16(4)19-18(14-15(2)3)17-12-9-7-10-13-17/h7,9-10,12-13,15-16,18-19H,5-6,8,11,14H2,1-4H3. The van der Waals surface area contributed by atoms with Crippen molar-refractivity contribution in [3.8, 4) is 0 Å². The van der Waals surface area contributed by atoms with Crippen LogP contribution in [0.1, 0.15) is 71.4 Å². The van der Waals surface area contributed by atoms with Gasteiger partial charge in [0.05, 0.1) is 0 Å². The Morgan fingerprint density at radius 3 is 2.26 bits per heavy atom. The Bertz CT molecular complexity index is 318. The molecule has 0 fully saturated rings. The van der Waals surface area contributed by atoms with E-state index in [1.807, 2.05) is 0 Å². The highest BCUT2D eigenvalue weighted by molar-refractivity contribution is 5.19. The van der Waals surface area contributed by atoms with E-state index in [0.717, 1.165) is 5.92 Å². The monoisotopic (exact) mass is 261 g/mol.